The van der Waals surface area contributed by atoms with E-state index < -0.39 is 23.3 Å². The monoisotopic (exact) mass is 250 g/mol. The van der Waals surface area contributed by atoms with Crippen LogP contribution in [0.2, 0.25) is 0 Å². The molecule has 0 aromatic heterocycles. The van der Waals surface area contributed by atoms with E-state index in [4.69, 9.17) is 10.8 Å². The second-order valence-electron chi connectivity index (χ2n) is 4.33. The molecule has 0 spiro atoms. The Morgan fingerprint density at radius 3 is 1.94 bits per heavy atom. The van der Waals surface area contributed by atoms with Gasteiger partial charge in [0.15, 0.2) is 0 Å². The molecule has 0 heterocycles. The molecule has 0 saturated carbocycles. The van der Waals surface area contributed by atoms with Crippen LogP contribution >= 0.6 is 0 Å². The number of aromatic carboxylic acids is 1. The Labute approximate surface area is 104 Å². The van der Waals surface area contributed by atoms with E-state index >= 15 is 0 Å². The van der Waals surface area contributed by atoms with Crippen LogP contribution in [0.15, 0.2) is 24.3 Å². The first kappa shape index (κ1) is 13.7. The maximum Gasteiger partial charge on any atom is 0.335 e. The predicted molar refractivity (Wildman–Crippen MR) is 64.1 cm³/mol. The summed E-state index contributed by atoms with van der Waals surface area (Å²) in [5.41, 5.74) is 4.31. The minimum Gasteiger partial charge on any atom is -0.478 e. The SMILES string of the molecule is CC(C)(NC(=O)c1ccc(C(=O)O)cc1)C(N)=O. The highest BCUT2D eigenvalue weighted by Gasteiger charge is 2.27. The molecule has 0 atom stereocenters. The molecule has 6 nitrogen and oxygen atoms in total. The summed E-state index contributed by atoms with van der Waals surface area (Å²) in [6.45, 7) is 2.97. The molecule has 0 aliphatic carbocycles. The third-order valence-corrected chi connectivity index (χ3v) is 2.44. The molecule has 0 bridgehead atoms. The average Bonchev–Trinajstić information content (AvgIpc) is 2.28. The van der Waals surface area contributed by atoms with Crippen LogP contribution in [0.4, 0.5) is 0 Å². The van der Waals surface area contributed by atoms with Crippen molar-refractivity contribution in [3.63, 3.8) is 0 Å². The van der Waals surface area contributed by atoms with Gasteiger partial charge in [-0.2, -0.15) is 0 Å². The molecule has 6 heteroatoms. The molecule has 0 aliphatic rings. The first-order valence-corrected chi connectivity index (χ1v) is 5.20. The van der Waals surface area contributed by atoms with Crippen LogP contribution < -0.4 is 11.1 Å². The molecule has 0 unspecified atom stereocenters. The summed E-state index contributed by atoms with van der Waals surface area (Å²) in [4.78, 5) is 33.5. The summed E-state index contributed by atoms with van der Waals surface area (Å²) in [6.07, 6.45) is 0. The fraction of sp³-hybridized carbons (Fsp3) is 0.250. The van der Waals surface area contributed by atoms with Crippen molar-refractivity contribution >= 4 is 17.8 Å². The lowest BCUT2D eigenvalue weighted by Gasteiger charge is -2.22. The minimum atomic E-state index is -1.16. The second kappa shape index (κ2) is 4.87. The van der Waals surface area contributed by atoms with Gasteiger partial charge in [0, 0.05) is 5.56 Å². The van der Waals surface area contributed by atoms with Crippen molar-refractivity contribution in [1.82, 2.24) is 5.32 Å². The molecule has 1 rings (SSSR count). The summed E-state index contributed by atoms with van der Waals surface area (Å²) in [5, 5.41) is 11.2. The van der Waals surface area contributed by atoms with Gasteiger partial charge in [0.2, 0.25) is 5.91 Å². The number of carboxylic acid groups (broad SMARTS) is 1. The Morgan fingerprint density at radius 1 is 1.11 bits per heavy atom. The molecule has 4 N–H and O–H groups in total. The van der Waals surface area contributed by atoms with E-state index in [0.29, 0.717) is 0 Å². The molecule has 18 heavy (non-hydrogen) atoms. The van der Waals surface area contributed by atoms with Crippen LogP contribution in [0.1, 0.15) is 34.6 Å². The van der Waals surface area contributed by atoms with Crippen molar-refractivity contribution in [3.05, 3.63) is 35.4 Å². The van der Waals surface area contributed by atoms with Crippen molar-refractivity contribution in [3.8, 4) is 0 Å². The number of carboxylic acids is 1. The molecule has 96 valence electrons. The number of hydrogen-bond donors (Lipinski definition) is 3. The first-order valence-electron chi connectivity index (χ1n) is 5.20. The van der Waals surface area contributed by atoms with Crippen molar-refractivity contribution < 1.29 is 19.5 Å². The number of primary amides is 1. The maximum atomic E-state index is 11.8. The van der Waals surface area contributed by atoms with Gasteiger partial charge in [-0.1, -0.05) is 0 Å². The Kier molecular flexibility index (Phi) is 3.70. The standard InChI is InChI=1S/C12H14N2O4/c1-12(2,11(13)18)14-9(15)7-3-5-8(6-4-7)10(16)17/h3-6H,1-2H3,(H2,13,18)(H,14,15)(H,16,17). The van der Waals surface area contributed by atoms with Crippen LogP contribution in [0.3, 0.4) is 0 Å². The molecule has 1 aromatic carbocycles. The van der Waals surface area contributed by atoms with Crippen LogP contribution in [-0.4, -0.2) is 28.4 Å². The summed E-state index contributed by atoms with van der Waals surface area (Å²) in [6, 6.07) is 5.37. The van der Waals surface area contributed by atoms with Crippen LogP contribution in [0, 0.1) is 0 Å². The minimum absolute atomic E-state index is 0.0840. The Hall–Kier alpha value is -2.37. The number of carbonyl (C=O) groups is 3. The lowest BCUT2D eigenvalue weighted by Crippen LogP contribution is -2.53. The average molecular weight is 250 g/mol. The van der Waals surface area contributed by atoms with E-state index in [2.05, 4.69) is 5.32 Å². The second-order valence-corrected chi connectivity index (χ2v) is 4.33. The van der Waals surface area contributed by atoms with E-state index in [-0.39, 0.29) is 11.1 Å². The van der Waals surface area contributed by atoms with Crippen molar-refractivity contribution in [1.29, 1.82) is 0 Å². The van der Waals surface area contributed by atoms with Gasteiger partial charge in [-0.3, -0.25) is 9.59 Å². The van der Waals surface area contributed by atoms with Crippen molar-refractivity contribution in [2.75, 3.05) is 0 Å². The smallest absolute Gasteiger partial charge is 0.335 e. The third kappa shape index (κ3) is 3.07. The zero-order valence-electron chi connectivity index (χ0n) is 10.1. The van der Waals surface area contributed by atoms with E-state index in [1.165, 1.54) is 38.1 Å². The van der Waals surface area contributed by atoms with Crippen LogP contribution in [0.25, 0.3) is 0 Å². The lowest BCUT2D eigenvalue weighted by molar-refractivity contribution is -0.122. The number of carbonyl (C=O) groups excluding carboxylic acids is 2. The first-order chi connectivity index (χ1) is 8.24. The normalized spacial score (nSPS) is 10.8. The zero-order valence-corrected chi connectivity index (χ0v) is 10.1. The summed E-state index contributed by atoms with van der Waals surface area (Å²) >= 11 is 0. The summed E-state index contributed by atoms with van der Waals surface area (Å²) in [5.74, 6) is -2.21. The third-order valence-electron chi connectivity index (χ3n) is 2.44. The summed E-state index contributed by atoms with van der Waals surface area (Å²) in [7, 11) is 0. The van der Waals surface area contributed by atoms with Crippen LogP contribution in [0.5, 0.6) is 0 Å². The van der Waals surface area contributed by atoms with Gasteiger partial charge in [0.25, 0.3) is 5.91 Å². The van der Waals surface area contributed by atoms with Gasteiger partial charge in [0.1, 0.15) is 5.54 Å². The van der Waals surface area contributed by atoms with Gasteiger partial charge in [-0.05, 0) is 38.1 Å². The van der Waals surface area contributed by atoms with E-state index in [1.54, 1.807) is 0 Å². The van der Waals surface area contributed by atoms with Crippen molar-refractivity contribution in [2.45, 2.75) is 19.4 Å². The fourth-order valence-corrected chi connectivity index (χ4v) is 1.18. The molecular weight excluding hydrogens is 236 g/mol. The number of benzene rings is 1. The quantitative estimate of drug-likeness (QED) is 0.717. The summed E-state index contributed by atoms with van der Waals surface area (Å²) < 4.78 is 0. The fourth-order valence-electron chi connectivity index (χ4n) is 1.18. The number of nitrogens with two attached hydrogens (primary N) is 1. The van der Waals surface area contributed by atoms with Gasteiger partial charge in [-0.15, -0.1) is 0 Å². The molecule has 0 aliphatic heterocycles. The van der Waals surface area contributed by atoms with Gasteiger partial charge >= 0.3 is 5.97 Å². The van der Waals surface area contributed by atoms with Gasteiger partial charge < -0.3 is 16.2 Å². The molecule has 0 radical (unpaired) electrons. The maximum absolute atomic E-state index is 11.8. The van der Waals surface area contributed by atoms with Crippen LogP contribution in [-0.2, 0) is 4.79 Å². The van der Waals surface area contributed by atoms with Gasteiger partial charge in [0.05, 0.1) is 5.56 Å². The lowest BCUT2D eigenvalue weighted by atomic mass is 10.0. The predicted octanol–water partition coefficient (Wildman–Crippen LogP) is 0.378. The highest BCUT2D eigenvalue weighted by Crippen LogP contribution is 2.07. The van der Waals surface area contributed by atoms with Gasteiger partial charge in [-0.25, -0.2) is 4.79 Å². The van der Waals surface area contributed by atoms with E-state index in [1.807, 2.05) is 0 Å². The number of amides is 2. The molecule has 2 amide bonds. The molecule has 0 fully saturated rings. The van der Waals surface area contributed by atoms with E-state index in [0.717, 1.165) is 0 Å². The van der Waals surface area contributed by atoms with Crippen molar-refractivity contribution in [2.24, 2.45) is 5.73 Å². The number of hydrogen-bond acceptors (Lipinski definition) is 3. The Morgan fingerprint density at radius 2 is 1.56 bits per heavy atom. The molecule has 1 aromatic rings. The number of nitrogens with one attached hydrogen (secondary N) is 1. The Bertz CT molecular complexity index is 491. The molecular formula is C12H14N2O4. The molecule has 0 saturated heterocycles. The number of rotatable bonds is 4. The zero-order chi connectivity index (χ0) is 13.9. The van der Waals surface area contributed by atoms with E-state index in [9.17, 15) is 14.4 Å². The highest BCUT2D eigenvalue weighted by molar-refractivity contribution is 5.99. The largest absolute Gasteiger partial charge is 0.478 e. The topological polar surface area (TPSA) is 109 Å². The highest BCUT2D eigenvalue weighted by atomic mass is 16.4. The Balaban J connectivity index is 2.86.